The molecule has 0 fully saturated rings. The molecule has 0 amide bonds. The molecule has 4 N–H and O–H groups in total. The summed E-state index contributed by atoms with van der Waals surface area (Å²) in [6.07, 6.45) is 0.752. The number of nitrogens with two attached hydrogens (primary N) is 1. The van der Waals surface area contributed by atoms with Crippen LogP contribution >= 0.6 is 0 Å². The van der Waals surface area contributed by atoms with Crippen molar-refractivity contribution < 1.29 is 8.42 Å². The second-order valence-electron chi connectivity index (χ2n) is 3.87. The van der Waals surface area contributed by atoms with E-state index in [0.29, 0.717) is 5.69 Å². The van der Waals surface area contributed by atoms with Crippen LogP contribution in [0.15, 0.2) is 23.1 Å². The number of nitrogen functional groups attached to an aromatic ring is 1. The van der Waals surface area contributed by atoms with E-state index < -0.39 is 10.0 Å². The Balaban J connectivity index is 2.17. The summed E-state index contributed by atoms with van der Waals surface area (Å²) in [6, 6.07) is 4.67. The fourth-order valence-electron chi connectivity index (χ4n) is 1.56. The summed E-state index contributed by atoms with van der Waals surface area (Å²) in [4.78, 5) is 0.116. The number of aromatic nitrogens is 4. The minimum atomic E-state index is -3.64. The van der Waals surface area contributed by atoms with Gasteiger partial charge in [0.1, 0.15) is 0 Å². The van der Waals surface area contributed by atoms with Gasteiger partial charge in [-0.05, 0) is 24.1 Å². The van der Waals surface area contributed by atoms with Crippen LogP contribution in [0, 0.1) is 0 Å². The van der Waals surface area contributed by atoms with Crippen LogP contribution in [0.2, 0.25) is 0 Å². The molecule has 1 heterocycles. The van der Waals surface area contributed by atoms with Crippen LogP contribution < -0.4 is 10.5 Å². The third-order valence-corrected chi connectivity index (χ3v) is 4.02. The van der Waals surface area contributed by atoms with E-state index in [-0.39, 0.29) is 17.3 Å². The highest BCUT2D eigenvalue weighted by molar-refractivity contribution is 7.89. The molecule has 2 aromatic rings. The first-order chi connectivity index (χ1) is 9.03. The van der Waals surface area contributed by atoms with Crippen molar-refractivity contribution in [2.45, 2.75) is 24.8 Å². The van der Waals surface area contributed by atoms with Gasteiger partial charge < -0.3 is 5.73 Å². The molecule has 9 heteroatoms. The molecule has 102 valence electrons. The Hall–Kier alpha value is -2.00. The van der Waals surface area contributed by atoms with Gasteiger partial charge in [0.15, 0.2) is 5.82 Å². The van der Waals surface area contributed by atoms with Crippen molar-refractivity contribution in [3.63, 3.8) is 0 Å². The molecular weight excluding hydrogens is 268 g/mol. The zero-order valence-corrected chi connectivity index (χ0v) is 11.1. The standard InChI is InChI=1S/C10H14N6O2S/c1-2-7-3-4-8(5-9(7)11)19(17,18)12-6-10-13-15-16-14-10/h3-5,12H,2,6,11H2,1H3,(H,13,14,15,16). The fraction of sp³-hybridized carbons (Fsp3) is 0.300. The number of sulfonamides is 1. The Morgan fingerprint density at radius 2 is 2.21 bits per heavy atom. The first-order valence-corrected chi connectivity index (χ1v) is 7.11. The van der Waals surface area contributed by atoms with Gasteiger partial charge in [0.05, 0.1) is 11.4 Å². The summed E-state index contributed by atoms with van der Waals surface area (Å²) in [5.41, 5.74) is 7.16. The van der Waals surface area contributed by atoms with Gasteiger partial charge in [-0.25, -0.2) is 13.1 Å². The Bertz CT molecular complexity index is 653. The van der Waals surface area contributed by atoms with Crippen molar-refractivity contribution in [3.8, 4) is 0 Å². The van der Waals surface area contributed by atoms with Crippen molar-refractivity contribution in [2.75, 3.05) is 5.73 Å². The largest absolute Gasteiger partial charge is 0.398 e. The van der Waals surface area contributed by atoms with Gasteiger partial charge in [-0.1, -0.05) is 18.2 Å². The minimum Gasteiger partial charge on any atom is -0.398 e. The third kappa shape index (κ3) is 3.06. The smallest absolute Gasteiger partial charge is 0.241 e. The summed E-state index contributed by atoms with van der Waals surface area (Å²) in [7, 11) is -3.64. The topological polar surface area (TPSA) is 127 Å². The Morgan fingerprint density at radius 1 is 1.42 bits per heavy atom. The number of rotatable bonds is 5. The summed E-state index contributed by atoms with van der Waals surface area (Å²) in [5.74, 6) is 0.265. The molecule has 0 spiro atoms. The lowest BCUT2D eigenvalue weighted by Crippen LogP contribution is -2.24. The van der Waals surface area contributed by atoms with Gasteiger partial charge in [0, 0.05) is 5.69 Å². The van der Waals surface area contributed by atoms with Crippen molar-refractivity contribution in [1.29, 1.82) is 0 Å². The van der Waals surface area contributed by atoms with E-state index in [9.17, 15) is 8.42 Å². The number of nitrogens with one attached hydrogen (secondary N) is 2. The second kappa shape index (κ2) is 5.33. The highest BCUT2D eigenvalue weighted by Crippen LogP contribution is 2.18. The average Bonchev–Trinajstić information content (AvgIpc) is 2.89. The normalized spacial score (nSPS) is 11.6. The third-order valence-electron chi connectivity index (χ3n) is 2.62. The summed E-state index contributed by atoms with van der Waals surface area (Å²) >= 11 is 0. The van der Waals surface area contributed by atoms with Crippen LogP contribution in [0.1, 0.15) is 18.3 Å². The van der Waals surface area contributed by atoms with E-state index in [2.05, 4.69) is 25.3 Å². The molecule has 8 nitrogen and oxygen atoms in total. The SMILES string of the molecule is CCc1ccc(S(=O)(=O)NCc2nn[nH]n2)cc1N. The van der Waals surface area contributed by atoms with Crippen molar-refractivity contribution in [3.05, 3.63) is 29.6 Å². The number of hydrogen-bond donors (Lipinski definition) is 3. The van der Waals surface area contributed by atoms with E-state index in [0.717, 1.165) is 12.0 Å². The summed E-state index contributed by atoms with van der Waals surface area (Å²) < 4.78 is 26.4. The molecule has 0 aliphatic carbocycles. The number of tetrazole rings is 1. The number of anilines is 1. The zero-order chi connectivity index (χ0) is 13.9. The molecule has 0 radical (unpaired) electrons. The predicted octanol–water partition coefficient (Wildman–Crippen LogP) is -0.177. The van der Waals surface area contributed by atoms with Crippen molar-refractivity contribution >= 4 is 15.7 Å². The number of nitrogens with zero attached hydrogens (tertiary/aromatic N) is 3. The first kappa shape index (κ1) is 13.4. The van der Waals surface area contributed by atoms with E-state index >= 15 is 0 Å². The van der Waals surface area contributed by atoms with Crippen LogP contribution in [-0.2, 0) is 23.0 Å². The van der Waals surface area contributed by atoms with E-state index in [1.165, 1.54) is 12.1 Å². The predicted molar refractivity (Wildman–Crippen MR) is 68.4 cm³/mol. The van der Waals surface area contributed by atoms with Crippen LogP contribution in [0.5, 0.6) is 0 Å². The molecule has 1 aromatic carbocycles. The Labute approximate surface area is 110 Å². The van der Waals surface area contributed by atoms with E-state index in [1.54, 1.807) is 6.07 Å². The zero-order valence-electron chi connectivity index (χ0n) is 10.3. The lowest BCUT2D eigenvalue weighted by Gasteiger charge is -2.08. The maximum absolute atomic E-state index is 12.0. The van der Waals surface area contributed by atoms with Gasteiger partial charge in [-0.2, -0.15) is 5.21 Å². The molecule has 0 atom stereocenters. The number of H-pyrrole nitrogens is 1. The molecule has 0 unspecified atom stereocenters. The molecule has 0 aliphatic rings. The highest BCUT2D eigenvalue weighted by atomic mass is 32.2. The quantitative estimate of drug-likeness (QED) is 0.653. The molecule has 0 saturated carbocycles. The van der Waals surface area contributed by atoms with Crippen LogP contribution in [-0.4, -0.2) is 29.0 Å². The average molecular weight is 282 g/mol. The lowest BCUT2D eigenvalue weighted by atomic mass is 10.1. The maximum Gasteiger partial charge on any atom is 0.241 e. The van der Waals surface area contributed by atoms with Gasteiger partial charge in [-0.3, -0.25) is 0 Å². The second-order valence-corrected chi connectivity index (χ2v) is 5.63. The van der Waals surface area contributed by atoms with Crippen LogP contribution in [0.4, 0.5) is 5.69 Å². The maximum atomic E-state index is 12.0. The Kier molecular flexibility index (Phi) is 3.76. The molecule has 19 heavy (non-hydrogen) atoms. The summed E-state index contributed by atoms with van der Waals surface area (Å²) in [5, 5.41) is 12.9. The Morgan fingerprint density at radius 3 is 2.79 bits per heavy atom. The highest BCUT2D eigenvalue weighted by Gasteiger charge is 2.15. The van der Waals surface area contributed by atoms with Gasteiger partial charge in [0.2, 0.25) is 10.0 Å². The molecular formula is C10H14N6O2S. The first-order valence-electron chi connectivity index (χ1n) is 5.63. The molecule has 0 saturated heterocycles. The van der Waals surface area contributed by atoms with Crippen LogP contribution in [0.25, 0.3) is 0 Å². The van der Waals surface area contributed by atoms with E-state index in [4.69, 9.17) is 5.73 Å². The molecule has 0 aliphatic heterocycles. The number of hydrogen-bond acceptors (Lipinski definition) is 6. The molecule has 0 bridgehead atoms. The lowest BCUT2D eigenvalue weighted by molar-refractivity contribution is 0.579. The van der Waals surface area contributed by atoms with Crippen molar-refractivity contribution in [2.24, 2.45) is 0 Å². The van der Waals surface area contributed by atoms with Crippen molar-refractivity contribution in [1.82, 2.24) is 25.3 Å². The van der Waals surface area contributed by atoms with Gasteiger partial charge in [-0.15, -0.1) is 10.2 Å². The molecule has 2 rings (SSSR count). The van der Waals surface area contributed by atoms with E-state index in [1.807, 2.05) is 6.92 Å². The van der Waals surface area contributed by atoms with Crippen LogP contribution in [0.3, 0.4) is 0 Å². The summed E-state index contributed by atoms with van der Waals surface area (Å²) in [6.45, 7) is 1.92. The number of aromatic amines is 1. The fourth-order valence-corrected chi connectivity index (χ4v) is 2.58. The minimum absolute atomic E-state index is 0.0335. The van der Waals surface area contributed by atoms with Gasteiger partial charge in [0.25, 0.3) is 0 Å². The monoisotopic (exact) mass is 282 g/mol. The van der Waals surface area contributed by atoms with Gasteiger partial charge >= 0.3 is 0 Å². The number of benzene rings is 1. The number of aryl methyl sites for hydroxylation is 1. The molecule has 1 aromatic heterocycles.